The van der Waals surface area contributed by atoms with Crippen molar-refractivity contribution in [2.24, 2.45) is 0 Å². The first-order chi connectivity index (χ1) is 12.9. The fourth-order valence-electron chi connectivity index (χ4n) is 3.18. The fourth-order valence-corrected chi connectivity index (χ4v) is 4.21. The third-order valence-electron chi connectivity index (χ3n) is 5.71. The Bertz CT molecular complexity index is 572. The summed E-state index contributed by atoms with van der Waals surface area (Å²) in [6.45, 7) is 20.7. The SMILES string of the molecule is CCOC(C#C[C@@H]1N[C@H](CO[Si](C)(C)C(C)(C)C)[C@H]2OC(C)(C)O[C@H]21)OCC. The molecule has 0 aromatic rings. The van der Waals surface area contributed by atoms with Gasteiger partial charge in [0.05, 0.1) is 18.7 Å². The van der Waals surface area contributed by atoms with E-state index < -0.39 is 20.4 Å². The lowest BCUT2D eigenvalue weighted by molar-refractivity contribution is -0.155. The quantitative estimate of drug-likeness (QED) is 0.393. The predicted octanol–water partition coefficient (Wildman–Crippen LogP) is 3.27. The van der Waals surface area contributed by atoms with Crippen molar-refractivity contribution in [3.8, 4) is 11.8 Å². The van der Waals surface area contributed by atoms with Crippen LogP contribution in [0.1, 0.15) is 48.5 Å². The molecule has 0 aromatic carbocycles. The summed E-state index contributed by atoms with van der Waals surface area (Å²) in [5.74, 6) is 5.73. The van der Waals surface area contributed by atoms with Gasteiger partial charge in [-0.1, -0.05) is 26.7 Å². The third kappa shape index (κ3) is 5.79. The van der Waals surface area contributed by atoms with E-state index in [1.807, 2.05) is 27.7 Å². The Morgan fingerprint density at radius 1 is 1.07 bits per heavy atom. The Hall–Kier alpha value is -0.463. The fraction of sp³-hybridized carbons (Fsp3) is 0.905. The zero-order valence-corrected chi connectivity index (χ0v) is 20.0. The van der Waals surface area contributed by atoms with Crippen molar-refractivity contribution in [1.82, 2.24) is 5.32 Å². The van der Waals surface area contributed by atoms with Crippen molar-refractivity contribution in [3.05, 3.63) is 0 Å². The Labute approximate surface area is 172 Å². The Balaban J connectivity index is 2.11. The van der Waals surface area contributed by atoms with E-state index in [0.717, 1.165) is 0 Å². The molecule has 0 aromatic heterocycles. The molecule has 1 N–H and O–H groups in total. The van der Waals surface area contributed by atoms with Crippen LogP contribution in [0.3, 0.4) is 0 Å². The molecule has 2 aliphatic rings. The first-order valence-corrected chi connectivity index (χ1v) is 13.3. The molecule has 0 bridgehead atoms. The van der Waals surface area contributed by atoms with Crippen molar-refractivity contribution in [3.63, 3.8) is 0 Å². The maximum absolute atomic E-state index is 6.45. The highest BCUT2D eigenvalue weighted by Crippen LogP contribution is 2.39. The summed E-state index contributed by atoms with van der Waals surface area (Å²) in [6, 6.07) is -0.110. The molecule has 162 valence electrons. The lowest BCUT2D eigenvalue weighted by atomic mass is 10.1. The summed E-state index contributed by atoms with van der Waals surface area (Å²) in [5.41, 5.74) is 0. The van der Waals surface area contributed by atoms with E-state index in [1.165, 1.54) is 0 Å². The monoisotopic (exact) mass is 413 g/mol. The number of hydrogen-bond donors (Lipinski definition) is 1. The smallest absolute Gasteiger partial charge is 0.222 e. The van der Waals surface area contributed by atoms with Crippen molar-refractivity contribution in [2.75, 3.05) is 19.8 Å². The highest BCUT2D eigenvalue weighted by molar-refractivity contribution is 6.74. The second-order valence-electron chi connectivity index (χ2n) is 9.42. The minimum Gasteiger partial charge on any atom is -0.415 e. The molecule has 0 amide bonds. The van der Waals surface area contributed by atoms with E-state index in [1.54, 1.807) is 0 Å². The second-order valence-corrected chi connectivity index (χ2v) is 14.2. The highest BCUT2D eigenvalue weighted by Gasteiger charge is 2.54. The average molecular weight is 414 g/mol. The van der Waals surface area contributed by atoms with Gasteiger partial charge in [0.15, 0.2) is 14.1 Å². The van der Waals surface area contributed by atoms with Crippen LogP contribution in [0.2, 0.25) is 18.1 Å². The first-order valence-electron chi connectivity index (χ1n) is 10.4. The molecule has 0 radical (unpaired) electrons. The van der Waals surface area contributed by atoms with Gasteiger partial charge >= 0.3 is 0 Å². The van der Waals surface area contributed by atoms with Gasteiger partial charge in [0.1, 0.15) is 12.2 Å². The standard InChI is InChI=1S/C21H39NO5Si/c1-10-23-17(24-11-2)13-12-15-18-19(27-21(6,7)26-18)16(22-15)14-25-28(8,9)20(3,4)5/h15-19,22H,10-11,14H2,1-9H3/t15-,16+,18-,19+/m0/s1. The normalized spacial score (nSPS) is 29.6. The van der Waals surface area contributed by atoms with E-state index in [9.17, 15) is 0 Å². The molecule has 2 aliphatic heterocycles. The van der Waals surface area contributed by atoms with Gasteiger partial charge in [-0.3, -0.25) is 5.32 Å². The number of ether oxygens (including phenoxy) is 4. The Morgan fingerprint density at radius 2 is 1.64 bits per heavy atom. The lowest BCUT2D eigenvalue weighted by Crippen LogP contribution is -2.47. The number of fused-ring (bicyclic) bond motifs is 1. The predicted molar refractivity (Wildman–Crippen MR) is 113 cm³/mol. The first kappa shape index (κ1) is 23.8. The zero-order chi connectivity index (χ0) is 21.2. The molecule has 2 saturated heterocycles. The zero-order valence-electron chi connectivity index (χ0n) is 19.0. The van der Waals surface area contributed by atoms with Crippen LogP contribution in [0.5, 0.6) is 0 Å². The topological polar surface area (TPSA) is 58.2 Å². The Morgan fingerprint density at radius 3 is 2.18 bits per heavy atom. The summed E-state index contributed by atoms with van der Waals surface area (Å²) < 4.78 is 29.9. The van der Waals surface area contributed by atoms with Crippen LogP contribution in [-0.2, 0) is 23.4 Å². The van der Waals surface area contributed by atoms with Gasteiger partial charge in [-0.2, -0.15) is 0 Å². The molecular formula is C21H39NO5Si. The molecule has 6 nitrogen and oxygen atoms in total. The van der Waals surface area contributed by atoms with E-state index in [0.29, 0.717) is 19.8 Å². The Kier molecular flexibility index (Phi) is 7.76. The average Bonchev–Trinajstić information content (AvgIpc) is 3.03. The van der Waals surface area contributed by atoms with Gasteiger partial charge in [0, 0.05) is 13.2 Å². The maximum Gasteiger partial charge on any atom is 0.222 e. The van der Waals surface area contributed by atoms with Crippen molar-refractivity contribution in [1.29, 1.82) is 0 Å². The molecule has 0 unspecified atom stereocenters. The highest BCUT2D eigenvalue weighted by atomic mass is 28.4. The van der Waals surface area contributed by atoms with Gasteiger partial charge in [-0.15, -0.1) is 0 Å². The van der Waals surface area contributed by atoms with Crippen LogP contribution >= 0.6 is 0 Å². The van der Waals surface area contributed by atoms with Crippen LogP contribution in [0.4, 0.5) is 0 Å². The summed E-state index contributed by atoms with van der Waals surface area (Å²) in [4.78, 5) is 0. The molecule has 2 rings (SSSR count). The summed E-state index contributed by atoms with van der Waals surface area (Å²) in [7, 11) is -1.84. The van der Waals surface area contributed by atoms with Crippen LogP contribution in [-0.4, -0.2) is 64.5 Å². The molecule has 0 saturated carbocycles. The summed E-state index contributed by atoms with van der Waals surface area (Å²) in [5, 5.41) is 3.72. The lowest BCUT2D eigenvalue weighted by Gasteiger charge is -2.37. The molecule has 28 heavy (non-hydrogen) atoms. The minimum atomic E-state index is -1.84. The van der Waals surface area contributed by atoms with Crippen molar-refractivity contribution in [2.45, 2.75) is 103 Å². The largest absolute Gasteiger partial charge is 0.415 e. The minimum absolute atomic E-state index is 0.0397. The van der Waals surface area contributed by atoms with E-state index in [4.69, 9.17) is 23.4 Å². The van der Waals surface area contributed by atoms with Crippen molar-refractivity contribution >= 4 is 8.32 Å². The van der Waals surface area contributed by atoms with Gasteiger partial charge in [0.2, 0.25) is 6.29 Å². The number of hydrogen-bond acceptors (Lipinski definition) is 6. The van der Waals surface area contributed by atoms with Crippen molar-refractivity contribution < 1.29 is 23.4 Å². The summed E-state index contributed by atoms with van der Waals surface area (Å²) >= 11 is 0. The van der Waals surface area contributed by atoms with Crippen LogP contribution < -0.4 is 5.32 Å². The van der Waals surface area contributed by atoms with E-state index in [2.05, 4.69) is 51.0 Å². The second kappa shape index (κ2) is 9.13. The molecule has 0 spiro atoms. The molecule has 7 heteroatoms. The van der Waals surface area contributed by atoms with Crippen LogP contribution in [0.15, 0.2) is 0 Å². The van der Waals surface area contributed by atoms with Gasteiger partial charge in [-0.05, 0) is 51.7 Å². The van der Waals surface area contributed by atoms with Crippen LogP contribution in [0, 0.1) is 11.8 Å². The van der Waals surface area contributed by atoms with Gasteiger partial charge in [-0.25, -0.2) is 0 Å². The van der Waals surface area contributed by atoms with Gasteiger partial charge < -0.3 is 23.4 Å². The molecule has 0 aliphatic carbocycles. The number of rotatable bonds is 7. The molecule has 4 atom stereocenters. The van der Waals surface area contributed by atoms with E-state index >= 15 is 0 Å². The van der Waals surface area contributed by atoms with Crippen LogP contribution in [0.25, 0.3) is 0 Å². The van der Waals surface area contributed by atoms with E-state index in [-0.39, 0.29) is 29.3 Å². The maximum atomic E-state index is 6.45. The molecular weight excluding hydrogens is 374 g/mol. The van der Waals surface area contributed by atoms with Gasteiger partial charge in [0.25, 0.3) is 0 Å². The number of nitrogens with one attached hydrogen (secondary N) is 1. The molecule has 2 heterocycles. The molecule has 2 fully saturated rings. The summed E-state index contributed by atoms with van der Waals surface area (Å²) in [6.07, 6.45) is -0.746. The third-order valence-corrected chi connectivity index (χ3v) is 10.2.